The van der Waals surface area contributed by atoms with Crippen LogP contribution in [0, 0.1) is 0 Å². The fraction of sp³-hybridized carbons (Fsp3) is 0.182. The molecule has 2 N–H and O–H groups in total. The molecule has 1 aromatic heterocycles. The maximum absolute atomic E-state index is 12.7. The molecule has 0 aliphatic heterocycles. The van der Waals surface area contributed by atoms with Gasteiger partial charge in [-0.15, -0.1) is 10.2 Å². The second-order valence-corrected chi connectivity index (χ2v) is 4.10. The van der Waals surface area contributed by atoms with Crippen LogP contribution in [0.3, 0.4) is 0 Å². The number of nitrogens with zero attached hydrogens (tertiary/aromatic N) is 2. The van der Waals surface area contributed by atoms with Gasteiger partial charge in [0.1, 0.15) is 6.20 Å². The Labute approximate surface area is 118 Å². The van der Waals surface area contributed by atoms with Crippen molar-refractivity contribution >= 4 is 11.6 Å². The van der Waals surface area contributed by atoms with Crippen molar-refractivity contribution in [2.75, 3.05) is 5.32 Å². The van der Waals surface area contributed by atoms with E-state index in [0.29, 0.717) is 12.1 Å². The lowest BCUT2D eigenvalue weighted by molar-refractivity contribution is -0.143. The second kappa shape index (κ2) is 5.31. The Bertz CT molecular complexity index is 704. The van der Waals surface area contributed by atoms with E-state index in [2.05, 4.69) is 20.5 Å². The number of alkyl halides is 6. The lowest BCUT2D eigenvalue weighted by atomic mass is 10.1. The van der Waals surface area contributed by atoms with Gasteiger partial charge in [-0.3, -0.25) is 9.78 Å². The van der Waals surface area contributed by atoms with Crippen LogP contribution in [0.15, 0.2) is 29.2 Å². The highest BCUT2D eigenvalue weighted by Gasteiger charge is 2.36. The van der Waals surface area contributed by atoms with Gasteiger partial charge in [0.15, 0.2) is 0 Å². The molecule has 0 bridgehead atoms. The summed E-state index contributed by atoms with van der Waals surface area (Å²) < 4.78 is 75.9. The van der Waals surface area contributed by atoms with Crippen molar-refractivity contribution in [3.8, 4) is 0 Å². The summed E-state index contributed by atoms with van der Waals surface area (Å²) in [6.45, 7) is 0. The molecule has 2 aromatic rings. The number of H-pyrrole nitrogens is 1. The molecule has 0 saturated carbocycles. The van der Waals surface area contributed by atoms with Gasteiger partial charge in [-0.05, 0) is 18.2 Å². The Kier molecular flexibility index (Phi) is 3.81. The molecule has 118 valence electrons. The topological polar surface area (TPSA) is 70.7 Å². The van der Waals surface area contributed by atoms with Gasteiger partial charge in [-0.25, -0.2) is 0 Å². The molecular weight excluding hydrogens is 318 g/mol. The van der Waals surface area contributed by atoms with E-state index in [9.17, 15) is 31.1 Å². The lowest BCUT2D eigenvalue weighted by Crippen LogP contribution is -2.13. The van der Waals surface area contributed by atoms with Crippen molar-refractivity contribution in [2.24, 2.45) is 0 Å². The fourth-order valence-electron chi connectivity index (χ4n) is 1.53. The molecule has 0 saturated heterocycles. The van der Waals surface area contributed by atoms with E-state index in [1.165, 1.54) is 0 Å². The number of hydrogen-bond donors (Lipinski definition) is 2. The van der Waals surface area contributed by atoms with Crippen molar-refractivity contribution in [1.29, 1.82) is 0 Å². The minimum absolute atomic E-state index is 0.00933. The van der Waals surface area contributed by atoms with Gasteiger partial charge in [-0.2, -0.15) is 26.3 Å². The Morgan fingerprint density at radius 3 is 1.95 bits per heavy atom. The molecule has 0 fully saturated rings. The van der Waals surface area contributed by atoms with E-state index in [1.807, 2.05) is 0 Å². The monoisotopic (exact) mass is 324 g/mol. The van der Waals surface area contributed by atoms with E-state index >= 15 is 0 Å². The SMILES string of the molecule is O=c1cnnc(Nc2cc(C(F)(F)F)cc(C(F)(F)F)c2)[nH]1. The molecule has 0 amide bonds. The smallest absolute Gasteiger partial charge is 0.324 e. The molecule has 0 atom stereocenters. The minimum Gasteiger partial charge on any atom is -0.324 e. The normalized spacial score (nSPS) is 12.3. The predicted molar refractivity (Wildman–Crippen MR) is 62.4 cm³/mol. The molecule has 5 nitrogen and oxygen atoms in total. The molecule has 0 radical (unpaired) electrons. The number of benzene rings is 1. The number of aromatic amines is 1. The molecular formula is C11H6F6N4O. The van der Waals surface area contributed by atoms with Crippen LogP contribution in [0.4, 0.5) is 38.0 Å². The van der Waals surface area contributed by atoms with E-state index in [1.54, 1.807) is 0 Å². The Morgan fingerprint density at radius 1 is 0.955 bits per heavy atom. The molecule has 0 aliphatic rings. The Morgan fingerprint density at radius 2 is 1.50 bits per heavy atom. The maximum atomic E-state index is 12.7. The molecule has 1 heterocycles. The summed E-state index contributed by atoms with van der Waals surface area (Å²) >= 11 is 0. The zero-order chi connectivity index (χ0) is 16.5. The summed E-state index contributed by atoms with van der Waals surface area (Å²) in [6, 6.07) is 0.912. The standard InChI is InChI=1S/C11H6F6N4O/c12-10(13,14)5-1-6(11(15,16)17)3-7(2-5)19-9-20-8(22)4-18-21-9/h1-4H,(H2,19,20,21,22). The highest BCUT2D eigenvalue weighted by Crippen LogP contribution is 2.37. The van der Waals surface area contributed by atoms with Crippen molar-refractivity contribution < 1.29 is 26.3 Å². The number of anilines is 2. The zero-order valence-corrected chi connectivity index (χ0v) is 10.4. The zero-order valence-electron chi connectivity index (χ0n) is 10.4. The van der Waals surface area contributed by atoms with Gasteiger partial charge in [0.2, 0.25) is 5.95 Å². The van der Waals surface area contributed by atoms with Crippen LogP contribution in [0.2, 0.25) is 0 Å². The lowest BCUT2D eigenvalue weighted by Gasteiger charge is -2.14. The third-order valence-electron chi connectivity index (χ3n) is 2.42. The number of nitrogens with one attached hydrogen (secondary N) is 2. The van der Waals surface area contributed by atoms with Crippen LogP contribution in [-0.4, -0.2) is 15.2 Å². The minimum atomic E-state index is -4.96. The Hall–Kier alpha value is -2.59. The fourth-order valence-corrected chi connectivity index (χ4v) is 1.53. The molecule has 0 unspecified atom stereocenters. The summed E-state index contributed by atoms with van der Waals surface area (Å²) in [5, 5.41) is 8.70. The van der Waals surface area contributed by atoms with Crippen molar-refractivity contribution in [3.05, 3.63) is 45.9 Å². The van der Waals surface area contributed by atoms with Crippen LogP contribution >= 0.6 is 0 Å². The average Bonchev–Trinajstić information content (AvgIpc) is 2.36. The summed E-state index contributed by atoms with van der Waals surface area (Å²) in [4.78, 5) is 13.0. The summed E-state index contributed by atoms with van der Waals surface area (Å²) in [7, 11) is 0. The van der Waals surface area contributed by atoms with Crippen LogP contribution < -0.4 is 10.9 Å². The second-order valence-electron chi connectivity index (χ2n) is 4.10. The first-order valence-electron chi connectivity index (χ1n) is 5.54. The summed E-state index contributed by atoms with van der Waals surface area (Å²) in [5.74, 6) is -0.389. The number of hydrogen-bond acceptors (Lipinski definition) is 4. The molecule has 2 rings (SSSR count). The van der Waals surface area contributed by atoms with E-state index in [-0.39, 0.29) is 12.0 Å². The molecule has 0 aliphatic carbocycles. The van der Waals surface area contributed by atoms with Crippen LogP contribution in [0.1, 0.15) is 11.1 Å². The van der Waals surface area contributed by atoms with Gasteiger partial charge in [0.05, 0.1) is 11.1 Å². The van der Waals surface area contributed by atoms with Gasteiger partial charge < -0.3 is 5.32 Å². The van der Waals surface area contributed by atoms with Crippen LogP contribution in [-0.2, 0) is 12.4 Å². The summed E-state index contributed by atoms with van der Waals surface area (Å²) in [5.41, 5.74) is -4.24. The van der Waals surface area contributed by atoms with E-state index < -0.39 is 34.7 Å². The number of rotatable bonds is 2. The molecule has 11 heteroatoms. The quantitative estimate of drug-likeness (QED) is 0.833. The third-order valence-corrected chi connectivity index (χ3v) is 2.42. The number of aromatic nitrogens is 3. The molecule has 0 spiro atoms. The van der Waals surface area contributed by atoms with Gasteiger partial charge >= 0.3 is 12.4 Å². The summed E-state index contributed by atoms with van der Waals surface area (Å²) in [6.07, 6.45) is -9.14. The largest absolute Gasteiger partial charge is 0.416 e. The Balaban J connectivity index is 2.48. The first kappa shape index (κ1) is 15.8. The van der Waals surface area contributed by atoms with E-state index in [0.717, 1.165) is 6.20 Å². The third kappa shape index (κ3) is 3.74. The van der Waals surface area contributed by atoms with Gasteiger partial charge in [-0.1, -0.05) is 0 Å². The maximum Gasteiger partial charge on any atom is 0.416 e. The van der Waals surface area contributed by atoms with Gasteiger partial charge in [0.25, 0.3) is 5.56 Å². The molecule has 22 heavy (non-hydrogen) atoms. The van der Waals surface area contributed by atoms with Crippen LogP contribution in [0.25, 0.3) is 0 Å². The van der Waals surface area contributed by atoms with E-state index in [4.69, 9.17) is 0 Å². The van der Waals surface area contributed by atoms with Crippen molar-refractivity contribution in [3.63, 3.8) is 0 Å². The highest BCUT2D eigenvalue weighted by atomic mass is 19.4. The molecule has 1 aromatic carbocycles. The van der Waals surface area contributed by atoms with Crippen LogP contribution in [0.5, 0.6) is 0 Å². The number of halogens is 6. The first-order valence-corrected chi connectivity index (χ1v) is 5.54. The highest BCUT2D eigenvalue weighted by molar-refractivity contribution is 5.56. The predicted octanol–water partition coefficient (Wildman–Crippen LogP) is 2.95. The van der Waals surface area contributed by atoms with Crippen molar-refractivity contribution in [2.45, 2.75) is 12.4 Å². The average molecular weight is 324 g/mol. The van der Waals surface area contributed by atoms with Crippen molar-refractivity contribution in [1.82, 2.24) is 15.2 Å². The van der Waals surface area contributed by atoms with Gasteiger partial charge in [0, 0.05) is 5.69 Å². The first-order chi connectivity index (χ1) is 10.1.